The third-order valence-corrected chi connectivity index (χ3v) is 6.84. The highest BCUT2D eigenvalue weighted by Crippen LogP contribution is 2.45. The molecular weight excluding hydrogens is 559 g/mol. The molecule has 1 aliphatic heterocycles. The number of benzene rings is 4. The second-order valence-electron chi connectivity index (χ2n) is 9.46. The van der Waals surface area contributed by atoms with Gasteiger partial charge in [-0.25, -0.2) is 4.39 Å². The summed E-state index contributed by atoms with van der Waals surface area (Å²) in [6.07, 6.45) is 0.0636. The summed E-state index contributed by atoms with van der Waals surface area (Å²) in [5, 5.41) is 10.6. The van der Waals surface area contributed by atoms with E-state index in [1.165, 1.54) is 12.1 Å². The predicted octanol–water partition coefficient (Wildman–Crippen LogP) is 6.82. The van der Waals surface area contributed by atoms with Crippen LogP contribution in [-0.2, 0) is 17.8 Å². The number of hydrogen-bond donors (Lipinski definition) is 1. The first-order chi connectivity index (χ1) is 20.3. The number of allylic oxidation sites excluding steroid dienone is 1. The molecule has 212 valence electrons. The molecule has 0 saturated heterocycles. The van der Waals surface area contributed by atoms with E-state index in [2.05, 4.69) is 6.07 Å². The van der Waals surface area contributed by atoms with Crippen molar-refractivity contribution in [3.8, 4) is 29.1 Å². The van der Waals surface area contributed by atoms with Gasteiger partial charge < -0.3 is 24.7 Å². The summed E-state index contributed by atoms with van der Waals surface area (Å²) < 4.78 is 36.4. The number of rotatable bonds is 9. The molecule has 0 bridgehead atoms. The van der Waals surface area contributed by atoms with E-state index in [0.717, 1.165) is 16.7 Å². The van der Waals surface area contributed by atoms with Crippen molar-refractivity contribution >= 4 is 17.6 Å². The van der Waals surface area contributed by atoms with Crippen LogP contribution in [0.15, 0.2) is 96.4 Å². The molecule has 0 spiro atoms. The maximum atomic E-state index is 13.3. The third-order valence-electron chi connectivity index (χ3n) is 6.59. The lowest BCUT2D eigenvalue weighted by Crippen LogP contribution is -2.21. The van der Waals surface area contributed by atoms with Gasteiger partial charge in [0.2, 0.25) is 5.88 Å². The molecule has 1 unspecified atom stereocenters. The minimum absolute atomic E-state index is 0.0470. The van der Waals surface area contributed by atoms with Crippen molar-refractivity contribution < 1.29 is 28.1 Å². The fourth-order valence-electron chi connectivity index (χ4n) is 4.61. The molecule has 42 heavy (non-hydrogen) atoms. The van der Waals surface area contributed by atoms with Crippen LogP contribution in [0.25, 0.3) is 0 Å². The van der Waals surface area contributed by atoms with E-state index in [1.54, 1.807) is 66.7 Å². The second-order valence-corrected chi connectivity index (χ2v) is 9.89. The Bertz CT molecular complexity index is 1680. The van der Waals surface area contributed by atoms with Crippen molar-refractivity contribution in [2.45, 2.75) is 25.9 Å². The molecule has 0 aromatic heterocycles. The molecule has 1 heterocycles. The molecule has 0 saturated carbocycles. The van der Waals surface area contributed by atoms with E-state index in [0.29, 0.717) is 34.4 Å². The van der Waals surface area contributed by atoms with Crippen LogP contribution in [0.1, 0.15) is 35.1 Å². The van der Waals surface area contributed by atoms with Crippen molar-refractivity contribution in [1.82, 2.24) is 0 Å². The summed E-state index contributed by atoms with van der Waals surface area (Å²) in [5.41, 5.74) is 9.37. The minimum Gasteiger partial charge on any atom is -0.490 e. The lowest BCUT2D eigenvalue weighted by Gasteiger charge is -2.27. The van der Waals surface area contributed by atoms with Crippen LogP contribution in [0.3, 0.4) is 0 Å². The first-order valence-corrected chi connectivity index (χ1v) is 13.5. The van der Waals surface area contributed by atoms with E-state index in [9.17, 15) is 14.4 Å². The number of nitriles is 1. The zero-order valence-corrected chi connectivity index (χ0v) is 23.4. The highest BCUT2D eigenvalue weighted by atomic mass is 35.5. The van der Waals surface area contributed by atoms with E-state index in [-0.39, 0.29) is 36.1 Å². The molecule has 0 fully saturated rings. The van der Waals surface area contributed by atoms with Gasteiger partial charge in [-0.15, -0.1) is 0 Å². The minimum atomic E-state index is -0.567. The van der Waals surface area contributed by atoms with E-state index < -0.39 is 11.9 Å². The highest BCUT2D eigenvalue weighted by Gasteiger charge is 2.32. The molecule has 4 aromatic rings. The Morgan fingerprint density at radius 3 is 2.43 bits per heavy atom. The summed E-state index contributed by atoms with van der Waals surface area (Å²) in [6.45, 7) is 2.46. The fourth-order valence-corrected chi connectivity index (χ4v) is 4.74. The summed E-state index contributed by atoms with van der Waals surface area (Å²) in [5.74, 6) is 0.228. The molecular formula is C33H26ClFN2O5. The number of nitrogens with two attached hydrogens (primary N) is 1. The summed E-state index contributed by atoms with van der Waals surface area (Å²) in [4.78, 5) is 12.6. The number of fused-ring (bicyclic) bond motifs is 1. The predicted molar refractivity (Wildman–Crippen MR) is 155 cm³/mol. The molecule has 1 aliphatic rings. The van der Waals surface area contributed by atoms with Gasteiger partial charge in [0, 0.05) is 16.7 Å². The molecule has 5 rings (SSSR count). The monoisotopic (exact) mass is 584 g/mol. The van der Waals surface area contributed by atoms with Crippen LogP contribution < -0.4 is 24.7 Å². The Morgan fingerprint density at radius 2 is 1.71 bits per heavy atom. The first kappa shape index (κ1) is 28.5. The van der Waals surface area contributed by atoms with Crippen molar-refractivity contribution in [2.24, 2.45) is 5.73 Å². The van der Waals surface area contributed by atoms with Crippen LogP contribution >= 0.6 is 11.6 Å². The summed E-state index contributed by atoms with van der Waals surface area (Å²) >= 11 is 5.92. The average molecular weight is 585 g/mol. The van der Waals surface area contributed by atoms with Crippen LogP contribution in [0.4, 0.5) is 4.39 Å². The molecule has 2 N–H and O–H groups in total. The van der Waals surface area contributed by atoms with Crippen molar-refractivity contribution in [2.75, 3.05) is 6.61 Å². The largest absolute Gasteiger partial charge is 0.490 e. The Labute approximate surface area is 247 Å². The lowest BCUT2D eigenvalue weighted by molar-refractivity contribution is -0.133. The van der Waals surface area contributed by atoms with E-state index in [1.807, 2.05) is 13.0 Å². The van der Waals surface area contributed by atoms with Gasteiger partial charge in [-0.1, -0.05) is 48.0 Å². The average Bonchev–Trinajstić information content (AvgIpc) is 2.98. The zero-order chi connectivity index (χ0) is 29.6. The normalized spacial score (nSPS) is 13.9. The molecule has 1 atom stereocenters. The number of esters is 1. The van der Waals surface area contributed by atoms with Gasteiger partial charge in [-0.05, 0) is 66.1 Å². The number of hydrogen-bond acceptors (Lipinski definition) is 7. The number of carbonyl (C=O) groups excluding carboxylic acids is 1. The van der Waals surface area contributed by atoms with Crippen molar-refractivity contribution in [1.29, 1.82) is 5.26 Å². The van der Waals surface area contributed by atoms with Gasteiger partial charge in [-0.3, -0.25) is 4.79 Å². The van der Waals surface area contributed by atoms with Crippen molar-refractivity contribution in [3.05, 3.63) is 129 Å². The van der Waals surface area contributed by atoms with Gasteiger partial charge in [0.1, 0.15) is 35.6 Å². The van der Waals surface area contributed by atoms with E-state index in [4.69, 9.17) is 36.3 Å². The molecule has 0 aliphatic carbocycles. The molecule has 4 aromatic carbocycles. The molecule has 9 heteroatoms. The maximum Gasteiger partial charge on any atom is 0.315 e. The molecule has 0 amide bonds. The number of ether oxygens (including phenoxy) is 4. The topological polar surface area (TPSA) is 104 Å². The van der Waals surface area contributed by atoms with Gasteiger partial charge >= 0.3 is 5.97 Å². The van der Waals surface area contributed by atoms with Gasteiger partial charge in [0.05, 0.1) is 18.9 Å². The van der Waals surface area contributed by atoms with Gasteiger partial charge in [-0.2, -0.15) is 5.26 Å². The van der Waals surface area contributed by atoms with Crippen molar-refractivity contribution in [3.63, 3.8) is 0 Å². The third kappa shape index (κ3) is 6.48. The zero-order valence-electron chi connectivity index (χ0n) is 22.6. The van der Waals surface area contributed by atoms with Crippen LogP contribution in [0, 0.1) is 17.1 Å². The number of carbonyl (C=O) groups is 1. The summed E-state index contributed by atoms with van der Waals surface area (Å²) in [7, 11) is 0. The number of halogens is 2. The molecule has 7 nitrogen and oxygen atoms in total. The highest BCUT2D eigenvalue weighted by molar-refractivity contribution is 6.30. The van der Waals surface area contributed by atoms with E-state index >= 15 is 0 Å². The smallest absolute Gasteiger partial charge is 0.315 e. The Balaban J connectivity index is 1.40. The van der Waals surface area contributed by atoms with Gasteiger partial charge in [0.25, 0.3) is 0 Å². The summed E-state index contributed by atoms with van der Waals surface area (Å²) in [6, 6.07) is 25.5. The van der Waals surface area contributed by atoms with Crippen LogP contribution in [0.5, 0.6) is 23.0 Å². The number of nitrogens with zero attached hydrogens (tertiary/aromatic N) is 1. The second kappa shape index (κ2) is 12.7. The standard InChI is InChI=1S/C33H26ClFN2O5/c1-2-39-30-16-22(7-14-28(30)40-19-21-5-10-24(35)11-6-21)32-26-13-12-25(17-29(26)42-33(37)27(32)18-36)41-31(38)15-20-3-8-23(34)9-4-20/h3-14,16-17,32H,2,15,19,37H2,1H3. The Hall–Kier alpha value is -5.00. The quantitative estimate of drug-likeness (QED) is 0.170. The Morgan fingerprint density at radius 1 is 0.976 bits per heavy atom. The van der Waals surface area contributed by atoms with Gasteiger partial charge in [0.15, 0.2) is 11.5 Å². The first-order valence-electron chi connectivity index (χ1n) is 13.1. The molecule has 0 radical (unpaired) electrons. The van der Waals surface area contributed by atoms with Crippen LogP contribution in [-0.4, -0.2) is 12.6 Å². The Kier molecular flexibility index (Phi) is 8.60. The lowest BCUT2D eigenvalue weighted by atomic mass is 9.83. The maximum absolute atomic E-state index is 13.3. The SMILES string of the molecule is CCOc1cc(C2C(C#N)=C(N)Oc3cc(OC(=O)Cc4ccc(Cl)cc4)ccc32)ccc1OCc1ccc(F)cc1. The fraction of sp³-hybridized carbons (Fsp3) is 0.152. The van der Waals surface area contributed by atoms with Crippen LogP contribution in [0.2, 0.25) is 5.02 Å².